The van der Waals surface area contributed by atoms with Gasteiger partial charge < -0.3 is 10.1 Å². The number of nitrogens with one attached hydrogen (secondary N) is 1. The molecule has 3 nitrogen and oxygen atoms in total. The van der Waals surface area contributed by atoms with Crippen LogP contribution >= 0.6 is 11.3 Å². The zero-order chi connectivity index (χ0) is 14.7. The molecule has 0 saturated heterocycles. The van der Waals surface area contributed by atoms with Crippen molar-refractivity contribution in [2.24, 2.45) is 0 Å². The normalized spacial score (nSPS) is 13.0. The van der Waals surface area contributed by atoms with E-state index in [9.17, 15) is 13.2 Å². The van der Waals surface area contributed by atoms with Crippen molar-refractivity contribution in [3.05, 3.63) is 15.6 Å². The van der Waals surface area contributed by atoms with Gasteiger partial charge in [-0.2, -0.15) is 13.2 Å². The van der Waals surface area contributed by atoms with Crippen LogP contribution in [0.4, 0.5) is 13.2 Å². The van der Waals surface area contributed by atoms with Gasteiger partial charge in [-0.3, -0.25) is 0 Å². The molecule has 1 N–H and O–H groups in total. The van der Waals surface area contributed by atoms with E-state index in [1.165, 1.54) is 0 Å². The second kappa shape index (κ2) is 6.19. The highest BCUT2D eigenvalue weighted by Crippen LogP contribution is 2.34. The molecule has 0 unspecified atom stereocenters. The van der Waals surface area contributed by atoms with Crippen LogP contribution < -0.4 is 5.32 Å². The van der Waals surface area contributed by atoms with Crippen LogP contribution in [0.3, 0.4) is 0 Å². The maximum atomic E-state index is 12.9. The summed E-state index contributed by atoms with van der Waals surface area (Å²) in [5.74, 6) is 0. The predicted octanol–water partition coefficient (Wildman–Crippen LogP) is 3.59. The van der Waals surface area contributed by atoms with Crippen LogP contribution in [0.25, 0.3) is 0 Å². The Hall–Kier alpha value is -0.660. The second-order valence-corrected chi connectivity index (χ2v) is 6.29. The van der Waals surface area contributed by atoms with E-state index in [0.29, 0.717) is 11.6 Å². The van der Waals surface area contributed by atoms with Crippen LogP contribution in [0.2, 0.25) is 0 Å². The van der Waals surface area contributed by atoms with Crippen molar-refractivity contribution in [2.75, 3.05) is 6.61 Å². The van der Waals surface area contributed by atoms with E-state index in [4.69, 9.17) is 4.74 Å². The van der Waals surface area contributed by atoms with E-state index in [-0.39, 0.29) is 23.6 Å². The molecule has 1 heterocycles. The molecular weight excluding hydrogens is 277 g/mol. The van der Waals surface area contributed by atoms with Gasteiger partial charge in [0.25, 0.3) is 0 Å². The summed E-state index contributed by atoms with van der Waals surface area (Å²) in [7, 11) is 0. The van der Waals surface area contributed by atoms with E-state index >= 15 is 0 Å². The van der Waals surface area contributed by atoms with Crippen molar-refractivity contribution in [1.82, 2.24) is 10.3 Å². The number of alkyl halides is 3. The van der Waals surface area contributed by atoms with Gasteiger partial charge in [0.05, 0.1) is 11.5 Å². The van der Waals surface area contributed by atoms with Crippen molar-refractivity contribution in [1.29, 1.82) is 0 Å². The van der Waals surface area contributed by atoms with Crippen LogP contribution in [0.15, 0.2) is 0 Å². The molecule has 0 saturated carbocycles. The molecule has 0 atom stereocenters. The largest absolute Gasteiger partial charge is 0.434 e. The third kappa shape index (κ3) is 5.46. The molecule has 0 bridgehead atoms. The summed E-state index contributed by atoms with van der Waals surface area (Å²) in [6.45, 7) is 8.24. The number of aromatic nitrogens is 1. The molecule has 19 heavy (non-hydrogen) atoms. The molecule has 1 aromatic rings. The average molecular weight is 296 g/mol. The van der Waals surface area contributed by atoms with Gasteiger partial charge in [0.1, 0.15) is 5.01 Å². The first kappa shape index (κ1) is 16.4. The van der Waals surface area contributed by atoms with Crippen LogP contribution in [0.5, 0.6) is 0 Å². The number of rotatable bonds is 5. The Kier molecular flexibility index (Phi) is 5.34. The molecule has 0 aliphatic rings. The molecule has 0 spiro atoms. The molecule has 110 valence electrons. The summed E-state index contributed by atoms with van der Waals surface area (Å²) >= 11 is 1.05. The molecule has 1 aromatic heterocycles. The first-order valence-corrected chi connectivity index (χ1v) is 6.83. The second-order valence-electron chi connectivity index (χ2n) is 5.12. The van der Waals surface area contributed by atoms with E-state index in [2.05, 4.69) is 10.3 Å². The SMILES string of the molecule is CCOCc1nc(C(F)(F)F)c(CNC(C)(C)C)s1. The molecule has 1 rings (SSSR count). The topological polar surface area (TPSA) is 34.1 Å². The molecular formula is C12H19F3N2OS. The number of hydrogen-bond donors (Lipinski definition) is 1. The van der Waals surface area contributed by atoms with Gasteiger partial charge in [0.2, 0.25) is 0 Å². The number of halogens is 3. The van der Waals surface area contributed by atoms with Crippen LogP contribution in [-0.4, -0.2) is 17.1 Å². The van der Waals surface area contributed by atoms with Crippen molar-refractivity contribution >= 4 is 11.3 Å². The zero-order valence-corrected chi connectivity index (χ0v) is 12.3. The lowest BCUT2D eigenvalue weighted by molar-refractivity contribution is -0.141. The summed E-state index contributed by atoms with van der Waals surface area (Å²) in [6.07, 6.45) is -4.42. The lowest BCUT2D eigenvalue weighted by Gasteiger charge is -2.20. The van der Waals surface area contributed by atoms with E-state index < -0.39 is 11.9 Å². The molecule has 0 aromatic carbocycles. The van der Waals surface area contributed by atoms with Crippen molar-refractivity contribution in [2.45, 2.75) is 52.6 Å². The highest BCUT2D eigenvalue weighted by atomic mass is 32.1. The van der Waals surface area contributed by atoms with Crippen molar-refractivity contribution in [3.63, 3.8) is 0 Å². The molecule has 0 aliphatic carbocycles. The summed E-state index contributed by atoms with van der Waals surface area (Å²) in [6, 6.07) is 0. The number of nitrogens with zero attached hydrogens (tertiary/aromatic N) is 1. The van der Waals surface area contributed by atoms with Crippen molar-refractivity contribution < 1.29 is 17.9 Å². The molecule has 0 aliphatic heterocycles. The Labute approximate surface area is 115 Å². The van der Waals surface area contributed by atoms with Crippen LogP contribution in [0, 0.1) is 0 Å². The van der Waals surface area contributed by atoms with Gasteiger partial charge in [-0.1, -0.05) is 0 Å². The summed E-state index contributed by atoms with van der Waals surface area (Å²) in [5.41, 5.74) is -1.05. The van der Waals surface area contributed by atoms with Gasteiger partial charge in [0.15, 0.2) is 5.69 Å². The number of ether oxygens (including phenoxy) is 1. The molecule has 0 fully saturated rings. The first-order chi connectivity index (χ1) is 8.63. The third-order valence-corrected chi connectivity index (χ3v) is 3.25. The van der Waals surface area contributed by atoms with E-state index in [1.54, 1.807) is 6.92 Å². The van der Waals surface area contributed by atoms with E-state index in [1.807, 2.05) is 20.8 Å². The fourth-order valence-electron chi connectivity index (χ4n) is 1.34. The fraction of sp³-hybridized carbons (Fsp3) is 0.750. The maximum absolute atomic E-state index is 12.9. The minimum absolute atomic E-state index is 0.125. The Morgan fingerprint density at radius 2 is 1.89 bits per heavy atom. The van der Waals surface area contributed by atoms with Crippen LogP contribution in [0.1, 0.15) is 43.3 Å². The highest BCUT2D eigenvalue weighted by Gasteiger charge is 2.37. The summed E-state index contributed by atoms with van der Waals surface area (Å²) in [5, 5.41) is 3.41. The number of hydrogen-bond acceptors (Lipinski definition) is 4. The van der Waals surface area contributed by atoms with Gasteiger partial charge in [-0.15, -0.1) is 11.3 Å². The van der Waals surface area contributed by atoms with Crippen LogP contribution in [-0.2, 0) is 24.1 Å². The quantitative estimate of drug-likeness (QED) is 0.901. The molecule has 7 heteroatoms. The number of thiazole rings is 1. The minimum Gasteiger partial charge on any atom is -0.375 e. The average Bonchev–Trinajstić information content (AvgIpc) is 2.65. The monoisotopic (exact) mass is 296 g/mol. The third-order valence-electron chi connectivity index (χ3n) is 2.22. The van der Waals surface area contributed by atoms with Gasteiger partial charge in [0, 0.05) is 18.7 Å². The highest BCUT2D eigenvalue weighted by molar-refractivity contribution is 7.11. The summed E-state index contributed by atoms with van der Waals surface area (Å²) < 4.78 is 43.7. The van der Waals surface area contributed by atoms with Gasteiger partial charge in [-0.05, 0) is 27.7 Å². The lowest BCUT2D eigenvalue weighted by atomic mass is 10.1. The summed E-state index contributed by atoms with van der Waals surface area (Å²) in [4.78, 5) is 3.85. The lowest BCUT2D eigenvalue weighted by Crippen LogP contribution is -2.35. The standard InChI is InChI=1S/C12H19F3N2OS/c1-5-18-7-9-17-10(12(13,14)15)8(19-9)6-16-11(2,3)4/h16H,5-7H2,1-4H3. The van der Waals surface area contributed by atoms with Gasteiger partial charge in [-0.25, -0.2) is 4.98 Å². The molecule has 0 radical (unpaired) electrons. The molecule has 0 amide bonds. The Bertz CT molecular complexity index is 410. The minimum atomic E-state index is -4.42. The van der Waals surface area contributed by atoms with Crippen molar-refractivity contribution in [3.8, 4) is 0 Å². The Balaban J connectivity index is 2.90. The first-order valence-electron chi connectivity index (χ1n) is 6.02. The van der Waals surface area contributed by atoms with E-state index in [0.717, 1.165) is 11.3 Å². The maximum Gasteiger partial charge on any atom is 0.434 e. The fourth-order valence-corrected chi connectivity index (χ4v) is 2.30. The Morgan fingerprint density at radius 3 is 2.37 bits per heavy atom. The predicted molar refractivity (Wildman–Crippen MR) is 69.0 cm³/mol. The smallest absolute Gasteiger partial charge is 0.375 e. The van der Waals surface area contributed by atoms with Gasteiger partial charge >= 0.3 is 6.18 Å². The Morgan fingerprint density at radius 1 is 1.26 bits per heavy atom. The zero-order valence-electron chi connectivity index (χ0n) is 11.5.